The van der Waals surface area contributed by atoms with E-state index in [0.717, 1.165) is 16.0 Å². The van der Waals surface area contributed by atoms with Gasteiger partial charge in [0.05, 0.1) is 11.6 Å². The molecule has 0 N–H and O–H groups in total. The smallest absolute Gasteiger partial charge is 0.0998 e. The molecule has 0 aliphatic rings. The predicted octanol–water partition coefficient (Wildman–Crippen LogP) is 4.43. The number of rotatable bonds is 2. The van der Waals surface area contributed by atoms with Crippen molar-refractivity contribution in [3.05, 3.63) is 57.3 Å². The van der Waals surface area contributed by atoms with Gasteiger partial charge in [0.25, 0.3) is 0 Å². The summed E-state index contributed by atoms with van der Waals surface area (Å²) in [5.74, 6) is 0. The van der Waals surface area contributed by atoms with E-state index in [4.69, 9.17) is 0 Å². The highest BCUT2D eigenvalue weighted by Gasteiger charge is 2.03. The zero-order chi connectivity index (χ0) is 12.3. The largest absolute Gasteiger partial charge is 0.192 e. The van der Waals surface area contributed by atoms with Crippen LogP contribution >= 0.6 is 11.3 Å². The van der Waals surface area contributed by atoms with Crippen molar-refractivity contribution in [3.63, 3.8) is 0 Å². The SMILES string of the molecule is Cc1ccc(C(C#N)=Cc2sccc2C)cc1. The minimum absolute atomic E-state index is 0.718. The maximum atomic E-state index is 9.22. The summed E-state index contributed by atoms with van der Waals surface area (Å²) in [5.41, 5.74) is 4.12. The van der Waals surface area contributed by atoms with Crippen LogP contribution in [0.15, 0.2) is 35.7 Å². The third-order valence-corrected chi connectivity index (χ3v) is 3.63. The van der Waals surface area contributed by atoms with Crippen LogP contribution in [0.3, 0.4) is 0 Å². The standard InChI is InChI=1S/C15H13NS/c1-11-3-5-13(6-4-11)14(10-16)9-15-12(2)7-8-17-15/h3-9H,1-2H3. The quantitative estimate of drug-likeness (QED) is 0.711. The number of nitriles is 1. The van der Waals surface area contributed by atoms with Crippen LogP contribution in [0.2, 0.25) is 0 Å². The van der Waals surface area contributed by atoms with Gasteiger partial charge in [-0.1, -0.05) is 29.8 Å². The Morgan fingerprint density at radius 1 is 1.18 bits per heavy atom. The molecule has 2 rings (SSSR count). The molecule has 0 unspecified atom stereocenters. The first-order valence-electron chi connectivity index (χ1n) is 5.43. The highest BCUT2D eigenvalue weighted by atomic mass is 32.1. The van der Waals surface area contributed by atoms with Gasteiger partial charge in [0.1, 0.15) is 0 Å². The topological polar surface area (TPSA) is 23.8 Å². The fourth-order valence-electron chi connectivity index (χ4n) is 1.58. The number of thiophene rings is 1. The number of benzene rings is 1. The lowest BCUT2D eigenvalue weighted by Gasteiger charge is -2.00. The highest BCUT2D eigenvalue weighted by molar-refractivity contribution is 7.11. The van der Waals surface area contributed by atoms with E-state index in [1.54, 1.807) is 11.3 Å². The van der Waals surface area contributed by atoms with Crippen molar-refractivity contribution in [2.24, 2.45) is 0 Å². The van der Waals surface area contributed by atoms with Crippen LogP contribution in [0.1, 0.15) is 21.6 Å². The Kier molecular flexibility index (Phi) is 3.41. The van der Waals surface area contributed by atoms with Gasteiger partial charge in [-0.25, -0.2) is 0 Å². The van der Waals surface area contributed by atoms with E-state index in [1.807, 2.05) is 42.6 Å². The van der Waals surface area contributed by atoms with Crippen LogP contribution in [0.5, 0.6) is 0 Å². The molecule has 0 atom stereocenters. The van der Waals surface area contributed by atoms with Gasteiger partial charge >= 0.3 is 0 Å². The molecule has 0 aliphatic heterocycles. The predicted molar refractivity (Wildman–Crippen MR) is 73.7 cm³/mol. The Bertz CT molecular complexity index is 582. The summed E-state index contributed by atoms with van der Waals surface area (Å²) in [6.45, 7) is 4.11. The molecule has 2 aromatic rings. The summed E-state index contributed by atoms with van der Waals surface area (Å²) in [6.07, 6.45) is 1.96. The second-order valence-electron chi connectivity index (χ2n) is 4.00. The minimum Gasteiger partial charge on any atom is -0.192 e. The average molecular weight is 239 g/mol. The van der Waals surface area contributed by atoms with Crippen LogP contribution < -0.4 is 0 Å². The average Bonchev–Trinajstić information content (AvgIpc) is 2.73. The first-order chi connectivity index (χ1) is 8.20. The number of allylic oxidation sites excluding steroid dienone is 1. The van der Waals surface area contributed by atoms with Crippen LogP contribution in [0.4, 0.5) is 0 Å². The zero-order valence-corrected chi connectivity index (χ0v) is 10.7. The maximum absolute atomic E-state index is 9.22. The van der Waals surface area contributed by atoms with Gasteiger partial charge in [-0.05, 0) is 42.5 Å². The van der Waals surface area contributed by atoms with Gasteiger partial charge in [-0.3, -0.25) is 0 Å². The monoisotopic (exact) mass is 239 g/mol. The van der Waals surface area contributed by atoms with E-state index >= 15 is 0 Å². The number of nitrogens with zero attached hydrogens (tertiary/aromatic N) is 1. The maximum Gasteiger partial charge on any atom is 0.0998 e. The van der Waals surface area contributed by atoms with Crippen LogP contribution in [-0.4, -0.2) is 0 Å². The summed E-state index contributed by atoms with van der Waals surface area (Å²) in [4.78, 5) is 1.15. The van der Waals surface area contributed by atoms with Crippen molar-refractivity contribution >= 4 is 23.0 Å². The third-order valence-electron chi connectivity index (χ3n) is 2.66. The first kappa shape index (κ1) is 11.6. The van der Waals surface area contributed by atoms with Gasteiger partial charge in [0, 0.05) is 4.88 Å². The van der Waals surface area contributed by atoms with Crippen LogP contribution in [0.25, 0.3) is 11.6 Å². The van der Waals surface area contributed by atoms with E-state index in [2.05, 4.69) is 19.1 Å². The summed E-state index contributed by atoms with van der Waals surface area (Å²) in [5, 5.41) is 11.3. The Labute approximate surface area is 106 Å². The second kappa shape index (κ2) is 4.99. The second-order valence-corrected chi connectivity index (χ2v) is 4.95. The molecule has 1 heterocycles. The van der Waals surface area contributed by atoms with Crippen molar-refractivity contribution in [2.45, 2.75) is 13.8 Å². The fourth-order valence-corrected chi connectivity index (χ4v) is 2.44. The molecule has 0 saturated carbocycles. The molecule has 0 bridgehead atoms. The lowest BCUT2D eigenvalue weighted by atomic mass is 10.0. The van der Waals surface area contributed by atoms with Crippen LogP contribution in [0, 0.1) is 25.2 Å². The van der Waals surface area contributed by atoms with Crippen molar-refractivity contribution in [1.82, 2.24) is 0 Å². The Hall–Kier alpha value is -1.85. The van der Waals surface area contributed by atoms with Crippen molar-refractivity contribution in [3.8, 4) is 6.07 Å². The van der Waals surface area contributed by atoms with Crippen molar-refractivity contribution < 1.29 is 0 Å². The molecular weight excluding hydrogens is 226 g/mol. The molecule has 1 nitrogen and oxygen atoms in total. The summed E-state index contributed by atoms with van der Waals surface area (Å²) in [6, 6.07) is 12.4. The Morgan fingerprint density at radius 2 is 1.88 bits per heavy atom. The fraction of sp³-hybridized carbons (Fsp3) is 0.133. The normalized spacial score (nSPS) is 11.2. The van der Waals surface area contributed by atoms with Gasteiger partial charge < -0.3 is 0 Å². The molecule has 84 valence electrons. The van der Waals surface area contributed by atoms with E-state index < -0.39 is 0 Å². The molecule has 0 aliphatic carbocycles. The summed E-state index contributed by atoms with van der Waals surface area (Å²) in [7, 11) is 0. The van der Waals surface area contributed by atoms with E-state index in [9.17, 15) is 5.26 Å². The number of aryl methyl sites for hydroxylation is 2. The molecular formula is C15H13NS. The first-order valence-corrected chi connectivity index (χ1v) is 6.31. The Balaban J connectivity index is 2.41. The number of hydrogen-bond donors (Lipinski definition) is 0. The van der Waals surface area contributed by atoms with E-state index in [-0.39, 0.29) is 0 Å². The summed E-state index contributed by atoms with van der Waals surface area (Å²) < 4.78 is 0. The highest BCUT2D eigenvalue weighted by Crippen LogP contribution is 2.23. The van der Waals surface area contributed by atoms with Gasteiger partial charge in [0.2, 0.25) is 0 Å². The lowest BCUT2D eigenvalue weighted by molar-refractivity contribution is 1.45. The van der Waals surface area contributed by atoms with Gasteiger partial charge in [0.15, 0.2) is 0 Å². The molecule has 1 aromatic carbocycles. The molecule has 0 radical (unpaired) electrons. The van der Waals surface area contributed by atoms with Gasteiger partial charge in [-0.15, -0.1) is 11.3 Å². The van der Waals surface area contributed by atoms with Crippen molar-refractivity contribution in [2.75, 3.05) is 0 Å². The molecule has 0 fully saturated rings. The third kappa shape index (κ3) is 2.64. The molecule has 1 aromatic heterocycles. The lowest BCUT2D eigenvalue weighted by Crippen LogP contribution is -1.82. The number of hydrogen-bond acceptors (Lipinski definition) is 2. The molecule has 17 heavy (non-hydrogen) atoms. The van der Waals surface area contributed by atoms with Gasteiger partial charge in [-0.2, -0.15) is 5.26 Å². The van der Waals surface area contributed by atoms with E-state index in [1.165, 1.54) is 11.1 Å². The minimum atomic E-state index is 0.718. The zero-order valence-electron chi connectivity index (χ0n) is 9.90. The Morgan fingerprint density at radius 3 is 2.41 bits per heavy atom. The molecule has 0 amide bonds. The van der Waals surface area contributed by atoms with Crippen LogP contribution in [-0.2, 0) is 0 Å². The van der Waals surface area contributed by atoms with Crippen molar-refractivity contribution in [1.29, 1.82) is 5.26 Å². The summed E-state index contributed by atoms with van der Waals surface area (Å²) >= 11 is 1.66. The molecule has 0 saturated heterocycles. The molecule has 0 spiro atoms. The molecule has 2 heteroatoms. The van der Waals surface area contributed by atoms with E-state index in [0.29, 0.717) is 0 Å².